The molecule has 1 aliphatic heterocycles. The minimum Gasteiger partial charge on any atom is -0.448 e. The van der Waals surface area contributed by atoms with Crippen LogP contribution in [0, 0.1) is 0 Å². The van der Waals surface area contributed by atoms with E-state index in [2.05, 4.69) is 0 Å². The third-order valence-corrected chi connectivity index (χ3v) is 2.80. The fraction of sp³-hybridized carbons (Fsp3) is 0.833. The van der Waals surface area contributed by atoms with Crippen LogP contribution in [0.4, 0.5) is 4.79 Å². The van der Waals surface area contributed by atoms with E-state index in [4.69, 9.17) is 25.8 Å². The summed E-state index contributed by atoms with van der Waals surface area (Å²) in [7, 11) is 1.53. The van der Waals surface area contributed by atoms with E-state index in [9.17, 15) is 9.59 Å². The standard InChI is InChI=1S/C12H20ClNO5/c1-12(2,3)19-11(16)14-6-8(17-4)5-9(14)10(15)18-7-13/h8-9H,5-7H2,1-4H3/t8-,9-/m1/s1. The van der Waals surface area contributed by atoms with E-state index in [1.807, 2.05) is 0 Å². The van der Waals surface area contributed by atoms with Crippen molar-refractivity contribution in [2.24, 2.45) is 0 Å². The van der Waals surface area contributed by atoms with E-state index in [0.717, 1.165) is 0 Å². The van der Waals surface area contributed by atoms with E-state index < -0.39 is 23.7 Å². The van der Waals surface area contributed by atoms with Crippen molar-refractivity contribution in [3.8, 4) is 0 Å². The molecule has 0 aromatic carbocycles. The molecule has 7 heteroatoms. The number of hydrogen-bond acceptors (Lipinski definition) is 5. The fourth-order valence-electron chi connectivity index (χ4n) is 1.86. The highest BCUT2D eigenvalue weighted by Gasteiger charge is 2.42. The quantitative estimate of drug-likeness (QED) is 0.586. The number of likely N-dealkylation sites (tertiary alicyclic amines) is 1. The molecule has 0 aromatic heterocycles. The van der Waals surface area contributed by atoms with Crippen molar-refractivity contribution in [2.45, 2.75) is 44.9 Å². The minimum atomic E-state index is -0.710. The number of alkyl halides is 1. The van der Waals surface area contributed by atoms with Crippen molar-refractivity contribution in [3.63, 3.8) is 0 Å². The van der Waals surface area contributed by atoms with Gasteiger partial charge in [-0.1, -0.05) is 11.6 Å². The van der Waals surface area contributed by atoms with Crippen LogP contribution in [0.3, 0.4) is 0 Å². The number of esters is 1. The number of ether oxygens (including phenoxy) is 3. The van der Waals surface area contributed by atoms with Gasteiger partial charge in [-0.15, -0.1) is 0 Å². The van der Waals surface area contributed by atoms with Crippen LogP contribution in [0.15, 0.2) is 0 Å². The largest absolute Gasteiger partial charge is 0.448 e. The Hall–Kier alpha value is -1.01. The van der Waals surface area contributed by atoms with Gasteiger partial charge in [-0.2, -0.15) is 0 Å². The molecule has 1 aliphatic rings. The number of halogens is 1. The van der Waals surface area contributed by atoms with Gasteiger partial charge in [0.15, 0.2) is 6.07 Å². The summed E-state index contributed by atoms with van der Waals surface area (Å²) in [6, 6.07) is -0.951. The second kappa shape index (κ2) is 6.43. The van der Waals surface area contributed by atoms with Gasteiger partial charge in [-0.25, -0.2) is 9.59 Å². The average Bonchev–Trinajstić information content (AvgIpc) is 2.71. The summed E-state index contributed by atoms with van der Waals surface area (Å²) in [5.41, 5.74) is -0.622. The Morgan fingerprint density at radius 2 is 2.00 bits per heavy atom. The SMILES string of the molecule is CO[C@@H]1C[C@H](C(=O)OCCl)N(C(=O)OC(C)(C)C)C1. The lowest BCUT2D eigenvalue weighted by Gasteiger charge is -2.27. The average molecular weight is 294 g/mol. The van der Waals surface area contributed by atoms with Crippen LogP contribution in [-0.2, 0) is 19.0 Å². The molecule has 1 heterocycles. The van der Waals surface area contributed by atoms with Crippen molar-refractivity contribution >= 4 is 23.7 Å². The summed E-state index contributed by atoms with van der Waals surface area (Å²) in [4.78, 5) is 25.2. The van der Waals surface area contributed by atoms with Crippen LogP contribution in [0.25, 0.3) is 0 Å². The molecule has 0 saturated carbocycles. The molecule has 1 saturated heterocycles. The molecule has 0 N–H and O–H groups in total. The zero-order valence-corrected chi connectivity index (χ0v) is 12.4. The molecule has 110 valence electrons. The summed E-state index contributed by atoms with van der Waals surface area (Å²) in [5, 5.41) is 0. The Morgan fingerprint density at radius 1 is 1.37 bits per heavy atom. The summed E-state index contributed by atoms with van der Waals surface area (Å²) in [5.74, 6) is -0.541. The van der Waals surface area contributed by atoms with E-state index in [0.29, 0.717) is 13.0 Å². The van der Waals surface area contributed by atoms with Gasteiger partial charge >= 0.3 is 12.1 Å². The monoisotopic (exact) mass is 293 g/mol. The first kappa shape index (κ1) is 16.0. The summed E-state index contributed by atoms with van der Waals surface area (Å²) < 4.78 is 15.2. The number of nitrogens with zero attached hydrogens (tertiary/aromatic N) is 1. The minimum absolute atomic E-state index is 0.208. The fourth-order valence-corrected chi connectivity index (χ4v) is 1.97. The molecule has 19 heavy (non-hydrogen) atoms. The van der Waals surface area contributed by atoms with Crippen LogP contribution in [0.5, 0.6) is 0 Å². The number of carbonyl (C=O) groups is 2. The van der Waals surface area contributed by atoms with Crippen molar-refractivity contribution in [3.05, 3.63) is 0 Å². The maximum Gasteiger partial charge on any atom is 0.411 e. The predicted molar refractivity (Wildman–Crippen MR) is 69.0 cm³/mol. The van der Waals surface area contributed by atoms with Gasteiger partial charge in [-0.05, 0) is 20.8 Å². The number of rotatable bonds is 3. The molecule has 1 fully saturated rings. The molecule has 0 spiro atoms. The van der Waals surface area contributed by atoms with Gasteiger partial charge in [-0.3, -0.25) is 4.90 Å². The molecule has 0 aromatic rings. The molecule has 1 amide bonds. The van der Waals surface area contributed by atoms with Gasteiger partial charge in [0.1, 0.15) is 11.6 Å². The lowest BCUT2D eigenvalue weighted by atomic mass is 10.2. The van der Waals surface area contributed by atoms with Crippen molar-refractivity contribution in [1.29, 1.82) is 0 Å². The van der Waals surface area contributed by atoms with Gasteiger partial charge in [0.05, 0.1) is 12.6 Å². The number of methoxy groups -OCH3 is 1. The molecule has 6 nitrogen and oxygen atoms in total. The molecule has 0 unspecified atom stereocenters. The first-order chi connectivity index (χ1) is 8.78. The lowest BCUT2D eigenvalue weighted by molar-refractivity contribution is -0.146. The van der Waals surface area contributed by atoms with Crippen molar-refractivity contribution in [2.75, 3.05) is 19.7 Å². The van der Waals surface area contributed by atoms with Crippen LogP contribution >= 0.6 is 11.6 Å². The summed E-state index contributed by atoms with van der Waals surface area (Å²) in [6.45, 7) is 5.59. The topological polar surface area (TPSA) is 65.1 Å². The highest BCUT2D eigenvalue weighted by molar-refractivity contribution is 6.17. The van der Waals surface area contributed by atoms with Crippen molar-refractivity contribution in [1.82, 2.24) is 4.90 Å². The first-order valence-corrected chi connectivity index (χ1v) is 6.57. The third kappa shape index (κ3) is 4.54. The zero-order chi connectivity index (χ0) is 14.6. The summed E-state index contributed by atoms with van der Waals surface area (Å²) >= 11 is 5.37. The van der Waals surface area contributed by atoms with E-state index in [1.54, 1.807) is 20.8 Å². The second-order valence-electron chi connectivity index (χ2n) is 5.31. The Balaban J connectivity index is 2.76. The maximum absolute atomic E-state index is 12.0. The maximum atomic E-state index is 12.0. The molecule has 2 atom stereocenters. The highest BCUT2D eigenvalue weighted by atomic mass is 35.5. The molecular weight excluding hydrogens is 274 g/mol. The normalized spacial score (nSPS) is 23.3. The van der Waals surface area contributed by atoms with Crippen LogP contribution in [-0.4, -0.2) is 54.4 Å². The smallest absolute Gasteiger partial charge is 0.411 e. The number of carbonyl (C=O) groups excluding carboxylic acids is 2. The number of hydrogen-bond donors (Lipinski definition) is 0. The Bertz CT molecular complexity index is 342. The Labute approximate surface area is 117 Å². The molecule has 1 rings (SSSR count). The molecule has 0 bridgehead atoms. The van der Waals surface area contributed by atoms with Crippen LogP contribution in [0.1, 0.15) is 27.2 Å². The van der Waals surface area contributed by atoms with E-state index >= 15 is 0 Å². The second-order valence-corrected chi connectivity index (χ2v) is 5.53. The lowest BCUT2D eigenvalue weighted by Crippen LogP contribution is -2.44. The van der Waals surface area contributed by atoms with Gasteiger partial charge in [0.25, 0.3) is 0 Å². The van der Waals surface area contributed by atoms with Crippen molar-refractivity contribution < 1.29 is 23.8 Å². The predicted octanol–water partition coefficient (Wildman–Crippen LogP) is 1.75. The van der Waals surface area contributed by atoms with Gasteiger partial charge in [0.2, 0.25) is 0 Å². The Kier molecular flexibility index (Phi) is 5.43. The van der Waals surface area contributed by atoms with Gasteiger partial charge < -0.3 is 14.2 Å². The number of amides is 1. The Morgan fingerprint density at radius 3 is 2.47 bits per heavy atom. The van der Waals surface area contributed by atoms with Crippen LogP contribution in [0.2, 0.25) is 0 Å². The van der Waals surface area contributed by atoms with Crippen LogP contribution < -0.4 is 0 Å². The molecule has 0 aliphatic carbocycles. The highest BCUT2D eigenvalue weighted by Crippen LogP contribution is 2.23. The third-order valence-electron chi connectivity index (χ3n) is 2.69. The van der Waals surface area contributed by atoms with E-state index in [1.165, 1.54) is 12.0 Å². The first-order valence-electron chi connectivity index (χ1n) is 6.03. The summed E-state index contributed by atoms with van der Waals surface area (Å²) in [6.07, 6.45) is -0.380. The zero-order valence-electron chi connectivity index (χ0n) is 11.6. The van der Waals surface area contributed by atoms with Gasteiger partial charge in [0, 0.05) is 13.5 Å². The molecule has 0 radical (unpaired) electrons. The molecular formula is C12H20ClNO5. The van der Waals surface area contributed by atoms with E-state index in [-0.39, 0.29) is 12.2 Å².